The molecule has 0 aliphatic rings. The van der Waals surface area contributed by atoms with Gasteiger partial charge in [-0.3, -0.25) is 4.79 Å². The van der Waals surface area contributed by atoms with Crippen molar-refractivity contribution in [2.24, 2.45) is 0 Å². The molecule has 1 N–H and O–H groups in total. The van der Waals surface area contributed by atoms with Crippen LogP contribution in [0.3, 0.4) is 0 Å². The van der Waals surface area contributed by atoms with Gasteiger partial charge >= 0.3 is 5.97 Å². The normalized spacial score (nSPS) is 8.17. The minimum Gasteiger partial charge on any atom is -0.481 e. The van der Waals surface area contributed by atoms with Gasteiger partial charge in [0.15, 0.2) is 0 Å². The maximum atomic E-state index is 9.60. The van der Waals surface area contributed by atoms with Gasteiger partial charge in [-0.2, -0.15) is 0 Å². The molecule has 0 unspecified atom stereocenters. The molecule has 0 spiro atoms. The number of carboxylic acids is 1. The van der Waals surface area contributed by atoms with Crippen LogP contribution >= 0.6 is 0 Å². The molecule has 0 heterocycles. The van der Waals surface area contributed by atoms with E-state index in [-0.39, 0.29) is 0 Å². The Morgan fingerprint density at radius 3 is 2.33 bits per heavy atom. The summed E-state index contributed by atoms with van der Waals surface area (Å²) in [5, 5.41) is 7.91. The van der Waals surface area contributed by atoms with E-state index >= 15 is 0 Å². The van der Waals surface area contributed by atoms with Gasteiger partial charge in [-0.15, -0.1) is 0 Å². The van der Waals surface area contributed by atoms with Crippen molar-refractivity contribution in [2.75, 3.05) is 0 Å². The number of rotatable bonds is 2. The van der Waals surface area contributed by atoms with Gasteiger partial charge in [0.25, 0.3) is 0 Å². The average molecular weight is 87.1 g/mol. The molecule has 0 aromatic rings. The summed E-state index contributed by atoms with van der Waals surface area (Å²) in [7, 11) is 0. The van der Waals surface area contributed by atoms with Gasteiger partial charge in [0, 0.05) is 6.42 Å². The van der Waals surface area contributed by atoms with E-state index in [1.807, 2.05) is 6.92 Å². The Labute approximate surface area is 36.8 Å². The second kappa shape index (κ2) is 2.69. The van der Waals surface area contributed by atoms with Crippen LogP contribution in [-0.4, -0.2) is 11.1 Å². The minimum atomic E-state index is -0.711. The summed E-state index contributed by atoms with van der Waals surface area (Å²) in [5.74, 6) is -0.711. The summed E-state index contributed by atoms with van der Waals surface area (Å²) in [6.07, 6.45) is 1.02. The first-order valence-corrected chi connectivity index (χ1v) is 1.99. The predicted molar refractivity (Wildman–Crippen MR) is 22.5 cm³/mol. The zero-order valence-corrected chi connectivity index (χ0v) is 3.77. The molecule has 0 atom stereocenters. The third-order valence-electron chi connectivity index (χ3n) is 0.464. The first kappa shape index (κ1) is 5.47. The Bertz CT molecular complexity index is 49.5. The molecule has 0 aliphatic heterocycles. The minimum absolute atomic E-state index is 0.292. The van der Waals surface area contributed by atoms with E-state index in [1.165, 1.54) is 0 Å². The lowest BCUT2D eigenvalue weighted by Crippen LogP contribution is -1.90. The first-order valence-electron chi connectivity index (χ1n) is 1.99. The van der Waals surface area contributed by atoms with Crippen LogP contribution in [0, 0.1) is 0 Å². The van der Waals surface area contributed by atoms with Crippen LogP contribution in [0.25, 0.3) is 0 Å². The molecule has 0 radical (unpaired) electrons. The van der Waals surface area contributed by atoms with Crippen molar-refractivity contribution in [3.8, 4) is 0 Å². The molecule has 0 aromatic heterocycles. The van der Waals surface area contributed by atoms with Crippen molar-refractivity contribution >= 4 is 5.97 Å². The Kier molecular flexibility index (Phi) is 2.46. The van der Waals surface area contributed by atoms with E-state index in [9.17, 15) is 4.79 Å². The third kappa shape index (κ3) is 3.47. The molecule has 2 heteroatoms. The molecule has 2 nitrogen and oxygen atoms in total. The molecule has 6 heavy (non-hydrogen) atoms. The molecule has 0 saturated heterocycles. The highest BCUT2D eigenvalue weighted by molar-refractivity contribution is 5.66. The van der Waals surface area contributed by atoms with Gasteiger partial charge in [0.05, 0.1) is 0 Å². The van der Waals surface area contributed by atoms with E-state index in [0.717, 1.165) is 6.42 Å². The Hall–Kier alpha value is -0.530. The van der Waals surface area contributed by atoms with Crippen LogP contribution in [0.1, 0.15) is 19.8 Å². The lowest BCUT2D eigenvalue weighted by atomic mass is 10.0. The van der Waals surface area contributed by atoms with Crippen LogP contribution in [0.15, 0.2) is 0 Å². The van der Waals surface area contributed by atoms with Gasteiger partial charge in [0.2, 0.25) is 0 Å². The van der Waals surface area contributed by atoms with Crippen LogP contribution in [-0.2, 0) is 4.79 Å². The fraction of sp³-hybridized carbons (Fsp3) is 0.750. The number of hydrogen-bond acceptors (Lipinski definition) is 1. The van der Waals surface area contributed by atoms with Crippen molar-refractivity contribution in [1.29, 1.82) is 0 Å². The second-order valence-electron chi connectivity index (χ2n) is 1.14. The SMILES string of the molecule is CCC[11C](=O)O. The molecule has 0 saturated carbocycles. The maximum Gasteiger partial charge on any atom is 0.303 e. The maximum absolute atomic E-state index is 9.60. The largest absolute Gasteiger partial charge is 0.481 e. The van der Waals surface area contributed by atoms with E-state index in [0.29, 0.717) is 6.42 Å². The average Bonchev–Trinajstić information content (AvgIpc) is 1.35. The summed E-state index contributed by atoms with van der Waals surface area (Å²) < 4.78 is 0. The fourth-order valence-corrected chi connectivity index (χ4v) is 0.214. The lowest BCUT2D eigenvalue weighted by Gasteiger charge is -1.79. The van der Waals surface area contributed by atoms with Crippen LogP contribution in [0.5, 0.6) is 0 Å². The predicted octanol–water partition coefficient (Wildman–Crippen LogP) is 0.871. The second-order valence-corrected chi connectivity index (χ2v) is 1.14. The van der Waals surface area contributed by atoms with Crippen molar-refractivity contribution in [2.45, 2.75) is 19.8 Å². The third-order valence-corrected chi connectivity index (χ3v) is 0.464. The number of aliphatic carboxylic acids is 1. The van der Waals surface area contributed by atoms with Crippen molar-refractivity contribution in [1.82, 2.24) is 0 Å². The smallest absolute Gasteiger partial charge is 0.303 e. The topological polar surface area (TPSA) is 37.3 Å². The van der Waals surface area contributed by atoms with E-state index < -0.39 is 5.97 Å². The summed E-state index contributed by atoms with van der Waals surface area (Å²) in [6.45, 7) is 1.84. The van der Waals surface area contributed by atoms with Crippen molar-refractivity contribution < 1.29 is 9.90 Å². The highest BCUT2D eigenvalue weighted by atomic mass is 16.3. The quantitative estimate of drug-likeness (QED) is 0.542. The summed E-state index contributed by atoms with van der Waals surface area (Å²) in [5.41, 5.74) is 0. The van der Waals surface area contributed by atoms with Gasteiger partial charge in [0.1, 0.15) is 0 Å². The zero-order valence-electron chi connectivity index (χ0n) is 3.77. The molecule has 0 amide bonds. The van der Waals surface area contributed by atoms with Crippen LogP contribution < -0.4 is 0 Å². The molecular formula is C4H8O2. The Balaban J connectivity index is 2.83. The van der Waals surface area contributed by atoms with Crippen molar-refractivity contribution in [3.05, 3.63) is 0 Å². The van der Waals surface area contributed by atoms with Crippen LogP contribution in [0.2, 0.25) is 0 Å². The lowest BCUT2D eigenvalue weighted by molar-refractivity contribution is -0.137. The highest BCUT2D eigenvalue weighted by Gasteiger charge is 1.87. The van der Waals surface area contributed by atoms with Gasteiger partial charge in [-0.25, -0.2) is 0 Å². The van der Waals surface area contributed by atoms with Crippen molar-refractivity contribution in [3.63, 3.8) is 0 Å². The summed E-state index contributed by atoms with van der Waals surface area (Å²) >= 11 is 0. The van der Waals surface area contributed by atoms with E-state index in [2.05, 4.69) is 0 Å². The van der Waals surface area contributed by atoms with Gasteiger partial charge in [-0.05, 0) is 6.42 Å². The molecule has 0 aromatic carbocycles. The monoisotopic (exact) mass is 87.1 g/mol. The fourth-order valence-electron chi connectivity index (χ4n) is 0.214. The van der Waals surface area contributed by atoms with Crippen LogP contribution in [0.4, 0.5) is 0 Å². The number of carbonyl (C=O) groups is 1. The Morgan fingerprint density at radius 1 is 1.83 bits per heavy atom. The first-order chi connectivity index (χ1) is 2.77. The van der Waals surface area contributed by atoms with Gasteiger partial charge < -0.3 is 5.11 Å². The molecule has 0 aliphatic carbocycles. The number of carboxylic acid groups (broad SMARTS) is 1. The zero-order chi connectivity index (χ0) is 4.99. The standard InChI is InChI=1S/C4H8O2/c1-2-3-4(5)6/h2-3H2,1H3,(H,5,6)/i4-1. The Morgan fingerprint density at radius 2 is 2.33 bits per heavy atom. The number of hydrogen-bond donors (Lipinski definition) is 1. The summed E-state index contributed by atoms with van der Waals surface area (Å²) in [4.78, 5) is 9.60. The molecule has 0 bridgehead atoms. The van der Waals surface area contributed by atoms with E-state index in [4.69, 9.17) is 5.11 Å². The summed E-state index contributed by atoms with van der Waals surface area (Å²) in [6, 6.07) is 0. The molecular weight excluding hydrogens is 79.0 g/mol. The van der Waals surface area contributed by atoms with E-state index in [1.54, 1.807) is 0 Å². The molecule has 0 rings (SSSR count). The van der Waals surface area contributed by atoms with Gasteiger partial charge in [-0.1, -0.05) is 6.92 Å². The highest BCUT2D eigenvalue weighted by Crippen LogP contribution is 1.82. The molecule has 36 valence electrons. The molecule has 0 fully saturated rings.